The van der Waals surface area contributed by atoms with Crippen LogP contribution in [-0.2, 0) is 4.79 Å². The Labute approximate surface area is 135 Å². The highest BCUT2D eigenvalue weighted by Crippen LogP contribution is 2.18. The fraction of sp³-hybridized carbons (Fsp3) is 0.500. The molecule has 0 bridgehead atoms. The minimum atomic E-state index is -0.467. The molecule has 1 saturated heterocycles. The van der Waals surface area contributed by atoms with Crippen molar-refractivity contribution in [1.82, 2.24) is 10.2 Å². The number of likely N-dealkylation sites (tertiary alicyclic amines) is 1. The summed E-state index contributed by atoms with van der Waals surface area (Å²) in [5.74, 6) is 1.09. The predicted octanol–water partition coefficient (Wildman–Crippen LogP) is 1.78. The minimum Gasteiger partial charge on any atom is -0.496 e. The van der Waals surface area contributed by atoms with Crippen molar-refractivity contribution < 1.29 is 14.3 Å². The second-order valence-corrected chi connectivity index (χ2v) is 6.17. The van der Waals surface area contributed by atoms with Gasteiger partial charge in [0.1, 0.15) is 11.8 Å². The van der Waals surface area contributed by atoms with Crippen molar-refractivity contribution in [3.8, 4) is 5.75 Å². The summed E-state index contributed by atoms with van der Waals surface area (Å²) in [5.41, 5.74) is 0.454. The topological polar surface area (TPSA) is 58.6 Å². The summed E-state index contributed by atoms with van der Waals surface area (Å²) in [5, 5.41) is 2.87. The highest BCUT2D eigenvalue weighted by molar-refractivity contribution is 7.98. The standard InChI is InChI=1S/C16H22N2O3S/c1-21-14-7-4-3-6-12(14)15(19)17-13(8-11-22-2)16(20)18-9-5-10-18/h3-4,6-7,13H,5,8-11H2,1-2H3,(H,17,19). The van der Waals surface area contributed by atoms with Gasteiger partial charge < -0.3 is 15.0 Å². The van der Waals surface area contributed by atoms with Crippen molar-refractivity contribution in [1.29, 1.82) is 0 Å². The number of hydrogen-bond acceptors (Lipinski definition) is 4. The molecule has 1 aliphatic heterocycles. The molecule has 0 spiro atoms. The maximum Gasteiger partial charge on any atom is 0.255 e. The van der Waals surface area contributed by atoms with Crippen LogP contribution in [0.15, 0.2) is 24.3 Å². The zero-order chi connectivity index (χ0) is 15.9. The normalized spacial score (nSPS) is 14.9. The summed E-state index contributed by atoms with van der Waals surface area (Å²) in [4.78, 5) is 26.7. The Morgan fingerprint density at radius 1 is 1.36 bits per heavy atom. The van der Waals surface area contributed by atoms with Crippen LogP contribution < -0.4 is 10.1 Å². The van der Waals surface area contributed by atoms with Crippen molar-refractivity contribution in [3.63, 3.8) is 0 Å². The molecule has 1 aliphatic rings. The summed E-state index contributed by atoms with van der Waals surface area (Å²) >= 11 is 1.67. The molecule has 1 fully saturated rings. The number of carbonyl (C=O) groups excluding carboxylic acids is 2. The molecule has 22 heavy (non-hydrogen) atoms. The van der Waals surface area contributed by atoms with Crippen molar-refractivity contribution >= 4 is 23.6 Å². The largest absolute Gasteiger partial charge is 0.496 e. The van der Waals surface area contributed by atoms with Gasteiger partial charge in [-0.1, -0.05) is 12.1 Å². The molecule has 1 N–H and O–H groups in total. The Morgan fingerprint density at radius 2 is 2.09 bits per heavy atom. The van der Waals surface area contributed by atoms with Crippen LogP contribution in [0.3, 0.4) is 0 Å². The number of rotatable bonds is 7. The Bertz CT molecular complexity index is 532. The number of benzene rings is 1. The van der Waals surface area contributed by atoms with Crippen LogP contribution in [0.1, 0.15) is 23.2 Å². The van der Waals surface area contributed by atoms with Crippen LogP contribution in [-0.4, -0.2) is 55.0 Å². The molecule has 1 atom stereocenters. The third-order valence-corrected chi connectivity index (χ3v) is 4.38. The van der Waals surface area contributed by atoms with Gasteiger partial charge in [0, 0.05) is 13.1 Å². The van der Waals surface area contributed by atoms with Crippen LogP contribution in [0.4, 0.5) is 0 Å². The highest BCUT2D eigenvalue weighted by Gasteiger charge is 2.29. The van der Waals surface area contributed by atoms with Gasteiger partial charge in [-0.2, -0.15) is 11.8 Å². The van der Waals surface area contributed by atoms with E-state index in [4.69, 9.17) is 4.74 Å². The molecule has 1 aromatic rings. The maximum atomic E-state index is 12.5. The number of nitrogens with one attached hydrogen (secondary N) is 1. The van der Waals surface area contributed by atoms with E-state index in [0.29, 0.717) is 17.7 Å². The lowest BCUT2D eigenvalue weighted by Gasteiger charge is -2.34. The van der Waals surface area contributed by atoms with Crippen LogP contribution in [0.5, 0.6) is 5.75 Å². The van der Waals surface area contributed by atoms with E-state index in [1.807, 2.05) is 12.3 Å². The lowest BCUT2D eigenvalue weighted by molar-refractivity contribution is -0.136. The van der Waals surface area contributed by atoms with Crippen LogP contribution in [0, 0.1) is 0 Å². The molecule has 0 aliphatic carbocycles. The fourth-order valence-corrected chi connectivity index (χ4v) is 2.79. The first kappa shape index (κ1) is 16.7. The van der Waals surface area contributed by atoms with Crippen molar-refractivity contribution in [2.24, 2.45) is 0 Å². The van der Waals surface area contributed by atoms with Crippen LogP contribution in [0.25, 0.3) is 0 Å². The summed E-state index contributed by atoms with van der Waals surface area (Å²) in [6.45, 7) is 1.58. The Hall–Kier alpha value is -1.69. The summed E-state index contributed by atoms with van der Waals surface area (Å²) in [6, 6.07) is 6.57. The van der Waals surface area contributed by atoms with Crippen LogP contribution >= 0.6 is 11.8 Å². The van der Waals surface area contributed by atoms with E-state index < -0.39 is 6.04 Å². The number of carbonyl (C=O) groups is 2. The molecule has 1 aromatic carbocycles. The van der Waals surface area contributed by atoms with Crippen molar-refractivity contribution in [2.75, 3.05) is 32.2 Å². The van der Waals surface area contributed by atoms with Crippen LogP contribution in [0.2, 0.25) is 0 Å². The molecule has 0 radical (unpaired) electrons. The number of thioether (sulfide) groups is 1. The number of hydrogen-bond donors (Lipinski definition) is 1. The average Bonchev–Trinajstić information content (AvgIpc) is 2.49. The molecular weight excluding hydrogens is 300 g/mol. The number of ether oxygens (including phenoxy) is 1. The molecule has 120 valence electrons. The number of nitrogens with zero attached hydrogens (tertiary/aromatic N) is 1. The molecule has 6 heteroatoms. The van der Waals surface area contributed by atoms with Crippen molar-refractivity contribution in [2.45, 2.75) is 18.9 Å². The number of amides is 2. The maximum absolute atomic E-state index is 12.5. The first-order valence-corrected chi connectivity index (χ1v) is 8.78. The van der Waals surface area contributed by atoms with Gasteiger partial charge in [0.25, 0.3) is 5.91 Å². The van der Waals surface area contributed by atoms with E-state index in [1.165, 1.54) is 7.11 Å². The second-order valence-electron chi connectivity index (χ2n) is 5.19. The van der Waals surface area contributed by atoms with Gasteiger partial charge >= 0.3 is 0 Å². The number of methoxy groups -OCH3 is 1. The third kappa shape index (κ3) is 3.94. The average molecular weight is 322 g/mol. The van der Waals surface area contributed by atoms with E-state index in [9.17, 15) is 9.59 Å². The molecule has 0 saturated carbocycles. The summed E-state index contributed by atoms with van der Waals surface area (Å²) in [6.07, 6.45) is 3.67. The predicted molar refractivity (Wildman–Crippen MR) is 88.4 cm³/mol. The second kappa shape index (κ2) is 8.08. The quantitative estimate of drug-likeness (QED) is 0.831. The monoisotopic (exact) mass is 322 g/mol. The summed E-state index contributed by atoms with van der Waals surface area (Å²) < 4.78 is 5.21. The Kier molecular flexibility index (Phi) is 6.12. The minimum absolute atomic E-state index is 0.0172. The van der Waals surface area contributed by atoms with Gasteiger partial charge in [0.05, 0.1) is 12.7 Å². The van der Waals surface area contributed by atoms with E-state index in [-0.39, 0.29) is 11.8 Å². The van der Waals surface area contributed by atoms with Crippen molar-refractivity contribution in [3.05, 3.63) is 29.8 Å². The first-order valence-electron chi connectivity index (χ1n) is 7.39. The van der Waals surface area contributed by atoms with E-state index >= 15 is 0 Å². The lowest BCUT2D eigenvalue weighted by Crippen LogP contribution is -2.53. The Balaban J connectivity index is 2.08. The molecule has 5 nitrogen and oxygen atoms in total. The zero-order valence-corrected chi connectivity index (χ0v) is 13.8. The van der Waals surface area contributed by atoms with Gasteiger partial charge in [-0.05, 0) is 37.0 Å². The molecule has 2 rings (SSSR count). The summed E-state index contributed by atoms with van der Waals surface area (Å²) in [7, 11) is 1.53. The third-order valence-electron chi connectivity index (χ3n) is 3.73. The van der Waals surface area contributed by atoms with Gasteiger partial charge in [0.15, 0.2) is 0 Å². The molecule has 0 aromatic heterocycles. The van der Waals surface area contributed by atoms with E-state index in [1.54, 1.807) is 34.9 Å². The Morgan fingerprint density at radius 3 is 2.68 bits per heavy atom. The smallest absolute Gasteiger partial charge is 0.255 e. The molecular formula is C16H22N2O3S. The zero-order valence-electron chi connectivity index (χ0n) is 13.0. The van der Waals surface area contributed by atoms with E-state index in [2.05, 4.69) is 5.32 Å². The molecule has 1 unspecified atom stereocenters. The number of para-hydroxylation sites is 1. The first-order chi connectivity index (χ1) is 10.7. The highest BCUT2D eigenvalue weighted by atomic mass is 32.2. The van der Waals surface area contributed by atoms with Gasteiger partial charge in [0.2, 0.25) is 5.91 Å². The molecule has 2 amide bonds. The van der Waals surface area contributed by atoms with Gasteiger partial charge in [-0.3, -0.25) is 9.59 Å². The lowest BCUT2D eigenvalue weighted by atomic mass is 10.1. The fourth-order valence-electron chi connectivity index (χ4n) is 2.32. The van der Waals surface area contributed by atoms with Gasteiger partial charge in [-0.15, -0.1) is 0 Å². The SMILES string of the molecule is COc1ccccc1C(=O)NC(CCSC)C(=O)N1CCC1. The van der Waals surface area contributed by atoms with E-state index in [0.717, 1.165) is 25.3 Å². The molecule has 1 heterocycles. The van der Waals surface area contributed by atoms with Gasteiger partial charge in [-0.25, -0.2) is 0 Å².